The van der Waals surface area contributed by atoms with Gasteiger partial charge in [-0.25, -0.2) is 23.1 Å². The van der Waals surface area contributed by atoms with Crippen LogP contribution in [0.1, 0.15) is 28.3 Å². The molecule has 0 unspecified atom stereocenters. The molecule has 188 valence electrons. The molecule has 2 heterocycles. The van der Waals surface area contributed by atoms with Crippen LogP contribution in [0, 0.1) is 24.1 Å². The lowest BCUT2D eigenvalue weighted by atomic mass is 10.2. The first-order chi connectivity index (χ1) is 16.9. The second kappa shape index (κ2) is 10.3. The summed E-state index contributed by atoms with van der Waals surface area (Å²) in [6, 6.07) is 3.17. The molecule has 3 aromatic rings. The number of aryl methyl sites for hydroxylation is 1. The Labute approximate surface area is 205 Å². The fraction of sp³-hybridized carbons (Fsp3) is 0.227. The predicted molar refractivity (Wildman–Crippen MR) is 117 cm³/mol. The minimum absolute atomic E-state index is 0.0216. The molecule has 0 saturated heterocycles. The van der Waals surface area contributed by atoms with E-state index in [0.29, 0.717) is 12.0 Å². The van der Waals surface area contributed by atoms with E-state index in [9.17, 15) is 26.7 Å². The van der Waals surface area contributed by atoms with Crippen LogP contribution in [-0.4, -0.2) is 33.1 Å². The van der Waals surface area contributed by atoms with Gasteiger partial charge in [0.1, 0.15) is 6.07 Å². The Bertz CT molecular complexity index is 1440. The zero-order valence-electron chi connectivity index (χ0n) is 18.5. The highest BCUT2D eigenvalue weighted by atomic mass is 35.5. The van der Waals surface area contributed by atoms with Crippen molar-refractivity contribution in [1.82, 2.24) is 19.5 Å². The number of nitrogens with zero attached hydrogens (tertiary/aromatic N) is 5. The molecule has 0 N–H and O–H groups in total. The Morgan fingerprint density at radius 3 is 2.61 bits per heavy atom. The summed E-state index contributed by atoms with van der Waals surface area (Å²) in [4.78, 5) is 24.7. The number of halogens is 6. The third-order valence-electron chi connectivity index (χ3n) is 4.82. The molecule has 0 radical (unpaired) electrons. The van der Waals surface area contributed by atoms with Gasteiger partial charge in [-0.2, -0.15) is 19.0 Å². The molecule has 0 bridgehead atoms. The molecular formula is C22H15ClF5N5O3. The summed E-state index contributed by atoms with van der Waals surface area (Å²) in [6.45, 7) is 4.69. The van der Waals surface area contributed by atoms with E-state index in [4.69, 9.17) is 26.3 Å². The number of hydrogen-bond donors (Lipinski definition) is 0. The highest BCUT2D eigenvalue weighted by Gasteiger charge is 2.48. The highest BCUT2D eigenvalue weighted by Crippen LogP contribution is 2.39. The lowest BCUT2D eigenvalue weighted by Gasteiger charge is -2.20. The fourth-order valence-corrected chi connectivity index (χ4v) is 3.26. The van der Waals surface area contributed by atoms with Gasteiger partial charge in [0, 0.05) is 11.1 Å². The molecule has 0 amide bonds. The summed E-state index contributed by atoms with van der Waals surface area (Å²) in [6.07, 6.45) is -2.34. The maximum atomic E-state index is 14.6. The standard InChI is InChI=1S/C22H15ClF5N5O3/c1-4-15-31-10(2)13(19(32-15)35-3)8-33-9-30-18(22(27,28)21(25)26)17(20(33)34)36-14-6-12(23)5-11(7-29)16(14)24/h4-6,9,21H,1,8H2,2-3H3. The lowest BCUT2D eigenvalue weighted by molar-refractivity contribution is -0.139. The summed E-state index contributed by atoms with van der Waals surface area (Å²) in [5.41, 5.74) is -3.19. The summed E-state index contributed by atoms with van der Waals surface area (Å²) in [5.74, 6) is -8.38. The zero-order chi connectivity index (χ0) is 26.8. The van der Waals surface area contributed by atoms with Gasteiger partial charge in [-0.1, -0.05) is 18.2 Å². The summed E-state index contributed by atoms with van der Waals surface area (Å²) >= 11 is 5.80. The third-order valence-corrected chi connectivity index (χ3v) is 5.04. The number of aromatic nitrogens is 4. The van der Waals surface area contributed by atoms with Gasteiger partial charge in [0.2, 0.25) is 11.6 Å². The van der Waals surface area contributed by atoms with E-state index in [2.05, 4.69) is 21.5 Å². The van der Waals surface area contributed by atoms with E-state index in [1.165, 1.54) is 19.3 Å². The molecule has 14 heteroatoms. The van der Waals surface area contributed by atoms with Gasteiger partial charge in [0.25, 0.3) is 5.56 Å². The molecule has 36 heavy (non-hydrogen) atoms. The van der Waals surface area contributed by atoms with Crippen molar-refractivity contribution in [2.75, 3.05) is 7.11 Å². The normalized spacial score (nSPS) is 11.3. The van der Waals surface area contributed by atoms with Crippen LogP contribution < -0.4 is 15.0 Å². The molecular weight excluding hydrogens is 513 g/mol. The van der Waals surface area contributed by atoms with Gasteiger partial charge < -0.3 is 9.47 Å². The number of alkyl halides is 4. The van der Waals surface area contributed by atoms with Crippen molar-refractivity contribution in [3.63, 3.8) is 0 Å². The van der Waals surface area contributed by atoms with Crippen LogP contribution >= 0.6 is 11.6 Å². The van der Waals surface area contributed by atoms with Gasteiger partial charge in [-0.3, -0.25) is 9.36 Å². The largest absolute Gasteiger partial charge is 0.481 e. The number of ether oxygens (including phenoxy) is 2. The van der Waals surface area contributed by atoms with Gasteiger partial charge in [0.15, 0.2) is 23.1 Å². The van der Waals surface area contributed by atoms with Crippen LogP contribution in [0.5, 0.6) is 17.4 Å². The Hall–Kier alpha value is -4.05. The zero-order valence-corrected chi connectivity index (χ0v) is 19.3. The van der Waals surface area contributed by atoms with E-state index in [0.717, 1.165) is 16.7 Å². The number of benzene rings is 1. The van der Waals surface area contributed by atoms with E-state index in [-0.39, 0.29) is 22.3 Å². The molecule has 0 spiro atoms. The van der Waals surface area contributed by atoms with Crippen LogP contribution in [0.4, 0.5) is 22.0 Å². The molecule has 0 fully saturated rings. The van der Waals surface area contributed by atoms with Crippen molar-refractivity contribution in [3.8, 4) is 23.4 Å². The topological polar surface area (TPSA) is 103 Å². The Balaban J connectivity index is 2.23. The number of rotatable bonds is 8. The third kappa shape index (κ3) is 4.99. The average Bonchev–Trinajstić information content (AvgIpc) is 2.83. The Morgan fingerprint density at radius 1 is 1.33 bits per heavy atom. The molecule has 0 aliphatic carbocycles. The molecule has 0 saturated carbocycles. The number of nitriles is 1. The highest BCUT2D eigenvalue weighted by molar-refractivity contribution is 6.30. The van der Waals surface area contributed by atoms with Crippen molar-refractivity contribution >= 4 is 17.7 Å². The maximum absolute atomic E-state index is 14.6. The van der Waals surface area contributed by atoms with Crippen LogP contribution in [0.15, 0.2) is 29.8 Å². The average molecular weight is 528 g/mol. The summed E-state index contributed by atoms with van der Waals surface area (Å²) in [5, 5.41) is 8.79. The molecule has 0 aliphatic heterocycles. The van der Waals surface area contributed by atoms with Crippen molar-refractivity contribution in [3.05, 3.63) is 74.6 Å². The minimum Gasteiger partial charge on any atom is -0.481 e. The van der Waals surface area contributed by atoms with Gasteiger partial charge >= 0.3 is 12.3 Å². The monoisotopic (exact) mass is 527 g/mol. The molecule has 8 nitrogen and oxygen atoms in total. The van der Waals surface area contributed by atoms with Gasteiger partial charge in [-0.05, 0) is 19.1 Å². The summed E-state index contributed by atoms with van der Waals surface area (Å²) in [7, 11) is 1.29. The van der Waals surface area contributed by atoms with Crippen LogP contribution in [0.25, 0.3) is 6.08 Å². The smallest absolute Gasteiger partial charge is 0.352 e. The fourth-order valence-electron chi connectivity index (χ4n) is 3.05. The van der Waals surface area contributed by atoms with Crippen molar-refractivity contribution < 1.29 is 31.4 Å². The first-order valence-electron chi connectivity index (χ1n) is 9.81. The SMILES string of the molecule is C=Cc1nc(C)c(Cn2cnc(C(F)(F)C(F)F)c(Oc3cc(Cl)cc(C#N)c3F)c2=O)c(OC)n1. The molecule has 1 aromatic carbocycles. The maximum Gasteiger partial charge on any atom is 0.352 e. The van der Waals surface area contributed by atoms with Crippen LogP contribution in [0.2, 0.25) is 5.02 Å². The van der Waals surface area contributed by atoms with E-state index >= 15 is 0 Å². The first-order valence-corrected chi connectivity index (χ1v) is 10.2. The first kappa shape index (κ1) is 26.6. The van der Waals surface area contributed by atoms with Crippen molar-refractivity contribution in [2.45, 2.75) is 25.8 Å². The number of hydrogen-bond acceptors (Lipinski definition) is 7. The summed E-state index contributed by atoms with van der Waals surface area (Å²) < 4.78 is 80.5. The Kier molecular flexibility index (Phi) is 7.59. The van der Waals surface area contributed by atoms with Crippen molar-refractivity contribution in [2.24, 2.45) is 0 Å². The molecule has 2 aromatic heterocycles. The van der Waals surface area contributed by atoms with E-state index < -0.39 is 53.0 Å². The number of methoxy groups -OCH3 is 1. The van der Waals surface area contributed by atoms with Gasteiger partial charge in [0.05, 0.1) is 36.8 Å². The second-order valence-corrected chi connectivity index (χ2v) is 7.55. The van der Waals surface area contributed by atoms with Crippen LogP contribution in [-0.2, 0) is 12.5 Å². The molecule has 0 atom stereocenters. The lowest BCUT2D eigenvalue weighted by Crippen LogP contribution is -2.32. The van der Waals surface area contributed by atoms with Crippen molar-refractivity contribution in [1.29, 1.82) is 5.26 Å². The predicted octanol–water partition coefficient (Wildman–Crippen LogP) is 4.86. The molecule has 3 rings (SSSR count). The molecule has 0 aliphatic rings. The van der Waals surface area contributed by atoms with Crippen LogP contribution in [0.3, 0.4) is 0 Å². The Morgan fingerprint density at radius 2 is 2.03 bits per heavy atom. The van der Waals surface area contributed by atoms with E-state index in [1.807, 2.05) is 0 Å². The second-order valence-electron chi connectivity index (χ2n) is 7.12. The van der Waals surface area contributed by atoms with E-state index in [1.54, 1.807) is 6.92 Å². The quantitative estimate of drug-likeness (QED) is 0.386. The van der Waals surface area contributed by atoms with Gasteiger partial charge in [-0.15, -0.1) is 0 Å². The minimum atomic E-state index is -4.94.